The SMILES string of the molecule is CC(C)NS(=O)(=O)c1ccc(C(=O)N(C)CC(=O)Nc2ccc(N3CCOCC3)cc2)cc1. The molecule has 1 aliphatic rings. The number of carbonyl (C=O) groups is 2. The highest BCUT2D eigenvalue weighted by Gasteiger charge is 2.19. The van der Waals surface area contributed by atoms with Gasteiger partial charge in [-0.3, -0.25) is 9.59 Å². The minimum absolute atomic E-state index is 0.0775. The van der Waals surface area contributed by atoms with Crippen LogP contribution in [0.5, 0.6) is 0 Å². The third-order valence-electron chi connectivity index (χ3n) is 5.06. The molecule has 2 aromatic rings. The van der Waals surface area contributed by atoms with Gasteiger partial charge in [-0.15, -0.1) is 0 Å². The molecule has 0 aromatic heterocycles. The zero-order valence-electron chi connectivity index (χ0n) is 19.1. The van der Waals surface area contributed by atoms with Crippen molar-refractivity contribution in [2.75, 3.05) is 50.1 Å². The third kappa shape index (κ3) is 6.77. The molecule has 2 amide bonds. The Kier molecular flexibility index (Phi) is 8.06. The van der Waals surface area contributed by atoms with E-state index in [1.165, 1.54) is 36.2 Å². The van der Waals surface area contributed by atoms with Crippen LogP contribution in [0, 0.1) is 0 Å². The van der Waals surface area contributed by atoms with Crippen molar-refractivity contribution in [1.82, 2.24) is 9.62 Å². The molecule has 3 rings (SSSR count). The number of rotatable bonds is 8. The van der Waals surface area contributed by atoms with E-state index < -0.39 is 10.0 Å². The number of sulfonamides is 1. The molecule has 1 saturated heterocycles. The number of nitrogens with one attached hydrogen (secondary N) is 2. The monoisotopic (exact) mass is 474 g/mol. The fourth-order valence-corrected chi connectivity index (χ4v) is 4.69. The second-order valence-electron chi connectivity index (χ2n) is 8.16. The van der Waals surface area contributed by atoms with Crippen molar-refractivity contribution in [3.63, 3.8) is 0 Å². The van der Waals surface area contributed by atoms with E-state index in [4.69, 9.17) is 4.74 Å². The summed E-state index contributed by atoms with van der Waals surface area (Å²) in [4.78, 5) is 28.7. The maximum atomic E-state index is 12.7. The molecule has 1 fully saturated rings. The number of hydrogen-bond donors (Lipinski definition) is 2. The summed E-state index contributed by atoms with van der Waals surface area (Å²) in [7, 11) is -2.11. The number of ether oxygens (including phenoxy) is 1. The molecular formula is C23H30N4O5S. The van der Waals surface area contributed by atoms with Crippen LogP contribution in [0.15, 0.2) is 53.4 Å². The van der Waals surface area contributed by atoms with E-state index in [0.29, 0.717) is 24.5 Å². The summed E-state index contributed by atoms with van der Waals surface area (Å²) in [5.74, 6) is -0.709. The molecule has 0 radical (unpaired) electrons. The Morgan fingerprint density at radius 1 is 1.03 bits per heavy atom. The molecule has 0 saturated carbocycles. The summed E-state index contributed by atoms with van der Waals surface area (Å²) >= 11 is 0. The first-order valence-corrected chi connectivity index (χ1v) is 12.2. The highest BCUT2D eigenvalue weighted by molar-refractivity contribution is 7.89. The zero-order chi connectivity index (χ0) is 24.0. The molecule has 33 heavy (non-hydrogen) atoms. The lowest BCUT2D eigenvalue weighted by molar-refractivity contribution is -0.116. The van der Waals surface area contributed by atoms with Crippen LogP contribution in [-0.2, 0) is 19.6 Å². The van der Waals surface area contributed by atoms with Gasteiger partial charge in [0.1, 0.15) is 0 Å². The molecule has 9 nitrogen and oxygen atoms in total. The van der Waals surface area contributed by atoms with Crippen molar-refractivity contribution in [1.29, 1.82) is 0 Å². The van der Waals surface area contributed by atoms with E-state index in [2.05, 4.69) is 14.9 Å². The number of morpholine rings is 1. The van der Waals surface area contributed by atoms with Gasteiger partial charge >= 0.3 is 0 Å². The van der Waals surface area contributed by atoms with E-state index in [0.717, 1.165) is 18.8 Å². The predicted octanol–water partition coefficient (Wildman–Crippen LogP) is 1.92. The maximum Gasteiger partial charge on any atom is 0.254 e. The smallest absolute Gasteiger partial charge is 0.254 e. The van der Waals surface area contributed by atoms with E-state index in [1.807, 2.05) is 24.3 Å². The van der Waals surface area contributed by atoms with E-state index in [1.54, 1.807) is 13.8 Å². The van der Waals surface area contributed by atoms with Gasteiger partial charge in [-0.1, -0.05) is 0 Å². The molecular weight excluding hydrogens is 444 g/mol. The van der Waals surface area contributed by atoms with Gasteiger partial charge < -0.3 is 19.9 Å². The van der Waals surface area contributed by atoms with Crippen LogP contribution in [0.1, 0.15) is 24.2 Å². The lowest BCUT2D eigenvalue weighted by Crippen LogP contribution is -2.36. The number of likely N-dealkylation sites (N-methyl/N-ethyl adjacent to an activating group) is 1. The zero-order valence-corrected chi connectivity index (χ0v) is 19.9. The van der Waals surface area contributed by atoms with Crippen LogP contribution in [-0.4, -0.2) is 71.1 Å². The van der Waals surface area contributed by atoms with Crippen LogP contribution in [0.4, 0.5) is 11.4 Å². The van der Waals surface area contributed by atoms with Gasteiger partial charge in [-0.2, -0.15) is 0 Å². The van der Waals surface area contributed by atoms with Gasteiger partial charge in [0.15, 0.2) is 0 Å². The third-order valence-corrected chi connectivity index (χ3v) is 6.73. The number of benzene rings is 2. The molecule has 2 aromatic carbocycles. The van der Waals surface area contributed by atoms with Gasteiger partial charge in [0.2, 0.25) is 15.9 Å². The second kappa shape index (κ2) is 10.8. The second-order valence-corrected chi connectivity index (χ2v) is 9.87. The minimum Gasteiger partial charge on any atom is -0.378 e. The standard InChI is InChI=1S/C23H30N4O5S/c1-17(2)25-33(30,31)21-10-4-18(5-11-21)23(29)26(3)16-22(28)24-19-6-8-20(9-7-19)27-12-14-32-15-13-27/h4-11,17,25H,12-16H2,1-3H3,(H,24,28). The predicted molar refractivity (Wildman–Crippen MR) is 127 cm³/mol. The molecule has 178 valence electrons. The van der Waals surface area contributed by atoms with E-state index in [-0.39, 0.29) is 29.3 Å². The van der Waals surface area contributed by atoms with Crippen molar-refractivity contribution >= 4 is 33.2 Å². The van der Waals surface area contributed by atoms with Gasteiger partial charge in [0.25, 0.3) is 5.91 Å². The number of hydrogen-bond acceptors (Lipinski definition) is 6. The molecule has 0 bridgehead atoms. The van der Waals surface area contributed by atoms with Gasteiger partial charge in [-0.25, -0.2) is 13.1 Å². The average Bonchev–Trinajstić information content (AvgIpc) is 2.79. The molecule has 1 heterocycles. The number of nitrogens with zero attached hydrogens (tertiary/aromatic N) is 2. The average molecular weight is 475 g/mol. The molecule has 0 spiro atoms. The first-order valence-electron chi connectivity index (χ1n) is 10.8. The topological polar surface area (TPSA) is 108 Å². The normalized spacial score (nSPS) is 14.2. The van der Waals surface area contributed by atoms with Gasteiger partial charge in [0.05, 0.1) is 24.7 Å². The summed E-state index contributed by atoms with van der Waals surface area (Å²) in [6, 6.07) is 12.9. The Labute approximate surface area is 194 Å². The highest BCUT2D eigenvalue weighted by atomic mass is 32.2. The molecule has 2 N–H and O–H groups in total. The Balaban J connectivity index is 1.55. The molecule has 0 unspecified atom stereocenters. The molecule has 1 aliphatic heterocycles. The van der Waals surface area contributed by atoms with Crippen molar-refractivity contribution in [2.24, 2.45) is 0 Å². The lowest BCUT2D eigenvalue weighted by Gasteiger charge is -2.28. The highest BCUT2D eigenvalue weighted by Crippen LogP contribution is 2.19. The summed E-state index contributed by atoms with van der Waals surface area (Å²) in [5.41, 5.74) is 2.01. The van der Waals surface area contributed by atoms with Crippen LogP contribution in [0.2, 0.25) is 0 Å². The van der Waals surface area contributed by atoms with Crippen molar-refractivity contribution in [3.8, 4) is 0 Å². The summed E-state index contributed by atoms with van der Waals surface area (Å²) in [6.07, 6.45) is 0. The first-order chi connectivity index (χ1) is 15.7. The van der Waals surface area contributed by atoms with E-state index >= 15 is 0 Å². The maximum absolute atomic E-state index is 12.7. The fourth-order valence-electron chi connectivity index (χ4n) is 3.44. The molecule has 10 heteroatoms. The number of amides is 2. The van der Waals surface area contributed by atoms with Crippen LogP contribution >= 0.6 is 0 Å². The van der Waals surface area contributed by atoms with Gasteiger partial charge in [-0.05, 0) is 62.4 Å². The van der Waals surface area contributed by atoms with Crippen LogP contribution in [0.3, 0.4) is 0 Å². The number of anilines is 2. The summed E-state index contributed by atoms with van der Waals surface area (Å²) in [6.45, 7) is 6.39. The Morgan fingerprint density at radius 2 is 1.64 bits per heavy atom. The van der Waals surface area contributed by atoms with Crippen LogP contribution in [0.25, 0.3) is 0 Å². The first kappa shape index (κ1) is 24.7. The Bertz CT molecular complexity index is 1060. The summed E-state index contributed by atoms with van der Waals surface area (Å²) in [5, 5.41) is 2.79. The lowest BCUT2D eigenvalue weighted by atomic mass is 10.2. The number of carbonyl (C=O) groups excluding carboxylic acids is 2. The van der Waals surface area contributed by atoms with Gasteiger partial charge in [0, 0.05) is 43.1 Å². The molecule has 0 atom stereocenters. The fraction of sp³-hybridized carbons (Fsp3) is 0.391. The van der Waals surface area contributed by atoms with Crippen LogP contribution < -0.4 is 14.9 Å². The Hall–Kier alpha value is -2.95. The Morgan fingerprint density at radius 3 is 2.21 bits per heavy atom. The quantitative estimate of drug-likeness (QED) is 0.605. The van der Waals surface area contributed by atoms with Crippen molar-refractivity contribution in [3.05, 3.63) is 54.1 Å². The molecule has 0 aliphatic carbocycles. The van der Waals surface area contributed by atoms with Crippen molar-refractivity contribution < 1.29 is 22.7 Å². The summed E-state index contributed by atoms with van der Waals surface area (Å²) < 4.78 is 32.3. The largest absolute Gasteiger partial charge is 0.378 e. The minimum atomic E-state index is -3.63. The van der Waals surface area contributed by atoms with E-state index in [9.17, 15) is 18.0 Å². The van der Waals surface area contributed by atoms with Crippen molar-refractivity contribution in [2.45, 2.75) is 24.8 Å².